The quantitative estimate of drug-likeness (QED) is 0.831. The summed E-state index contributed by atoms with van der Waals surface area (Å²) in [5.74, 6) is 0.739. The summed E-state index contributed by atoms with van der Waals surface area (Å²) >= 11 is 0. The van der Waals surface area contributed by atoms with Gasteiger partial charge in [0.2, 0.25) is 5.89 Å². The van der Waals surface area contributed by atoms with Crippen molar-refractivity contribution in [3.05, 3.63) is 12.2 Å². The van der Waals surface area contributed by atoms with Gasteiger partial charge >= 0.3 is 0 Å². The summed E-state index contributed by atoms with van der Waals surface area (Å²) in [4.78, 5) is 6.58. The lowest BCUT2D eigenvalue weighted by Crippen LogP contribution is -2.55. The van der Waals surface area contributed by atoms with E-state index < -0.39 is 0 Å². The van der Waals surface area contributed by atoms with E-state index in [0.29, 0.717) is 12.1 Å². The Bertz CT molecular complexity index is 314. The molecule has 96 valence electrons. The minimum Gasteiger partial charge on any atom is -0.340 e. The zero-order chi connectivity index (χ0) is 12.1. The second-order valence-electron chi connectivity index (χ2n) is 4.82. The predicted octanol–water partition coefficient (Wildman–Crippen LogP) is 1.07. The molecular formula is C12H22N4O. The highest BCUT2D eigenvalue weighted by Gasteiger charge is 2.24. The molecule has 2 atom stereocenters. The van der Waals surface area contributed by atoms with Crippen LogP contribution in [-0.4, -0.2) is 46.8 Å². The maximum atomic E-state index is 5.03. The molecule has 0 radical (unpaired) electrons. The minimum absolute atomic E-state index is 0.589. The lowest BCUT2D eigenvalue weighted by Gasteiger charge is -2.38. The Labute approximate surface area is 103 Å². The molecule has 0 spiro atoms. The van der Waals surface area contributed by atoms with Crippen LogP contribution in [0.15, 0.2) is 10.9 Å². The highest BCUT2D eigenvalue weighted by molar-refractivity contribution is 4.86. The molecule has 0 saturated carbocycles. The fraction of sp³-hybridized carbons (Fsp3) is 0.833. The van der Waals surface area contributed by atoms with Crippen LogP contribution in [0.1, 0.15) is 32.6 Å². The van der Waals surface area contributed by atoms with Gasteiger partial charge < -0.3 is 9.84 Å². The highest BCUT2D eigenvalue weighted by atomic mass is 16.5. The van der Waals surface area contributed by atoms with Crippen LogP contribution in [0.2, 0.25) is 0 Å². The molecule has 1 aliphatic rings. The molecule has 2 rings (SSSR count). The summed E-state index contributed by atoms with van der Waals surface area (Å²) in [6.07, 6.45) is 4.81. The fourth-order valence-electron chi connectivity index (χ4n) is 2.39. The van der Waals surface area contributed by atoms with Gasteiger partial charge in [0.05, 0.1) is 0 Å². The van der Waals surface area contributed by atoms with Crippen LogP contribution in [0.3, 0.4) is 0 Å². The molecule has 0 bridgehead atoms. The van der Waals surface area contributed by atoms with Crippen molar-refractivity contribution in [2.45, 2.75) is 45.2 Å². The van der Waals surface area contributed by atoms with Gasteiger partial charge in [0.25, 0.3) is 0 Å². The molecule has 0 amide bonds. The molecule has 1 aromatic heterocycles. The number of nitrogens with one attached hydrogen (secondary N) is 1. The van der Waals surface area contributed by atoms with Gasteiger partial charge in [-0.15, -0.1) is 0 Å². The largest absolute Gasteiger partial charge is 0.340 e. The van der Waals surface area contributed by atoms with Crippen LogP contribution in [-0.2, 0) is 6.42 Å². The van der Waals surface area contributed by atoms with E-state index in [2.05, 4.69) is 34.2 Å². The van der Waals surface area contributed by atoms with Crippen molar-refractivity contribution in [3.63, 3.8) is 0 Å². The SMILES string of the molecule is CCCC1CN(CCc2ncno2)C(C)CN1. The Hall–Kier alpha value is -0.940. The summed E-state index contributed by atoms with van der Waals surface area (Å²) in [5, 5.41) is 7.23. The average molecular weight is 238 g/mol. The first-order chi connectivity index (χ1) is 8.29. The molecule has 5 heteroatoms. The zero-order valence-corrected chi connectivity index (χ0v) is 10.7. The zero-order valence-electron chi connectivity index (χ0n) is 10.7. The molecular weight excluding hydrogens is 216 g/mol. The van der Waals surface area contributed by atoms with Crippen molar-refractivity contribution >= 4 is 0 Å². The maximum absolute atomic E-state index is 5.03. The number of aromatic nitrogens is 2. The third kappa shape index (κ3) is 3.51. The van der Waals surface area contributed by atoms with E-state index in [-0.39, 0.29) is 0 Å². The van der Waals surface area contributed by atoms with E-state index in [1.54, 1.807) is 0 Å². The van der Waals surface area contributed by atoms with Crippen LogP contribution < -0.4 is 5.32 Å². The molecule has 5 nitrogen and oxygen atoms in total. The van der Waals surface area contributed by atoms with E-state index in [4.69, 9.17) is 4.52 Å². The normalized spacial score (nSPS) is 26.2. The molecule has 2 unspecified atom stereocenters. The van der Waals surface area contributed by atoms with Crippen molar-refractivity contribution in [3.8, 4) is 0 Å². The maximum Gasteiger partial charge on any atom is 0.227 e. The van der Waals surface area contributed by atoms with E-state index in [0.717, 1.165) is 31.9 Å². The number of nitrogens with zero attached hydrogens (tertiary/aromatic N) is 3. The van der Waals surface area contributed by atoms with Gasteiger partial charge in [-0.1, -0.05) is 18.5 Å². The van der Waals surface area contributed by atoms with Crippen molar-refractivity contribution in [1.82, 2.24) is 20.4 Å². The lowest BCUT2D eigenvalue weighted by atomic mass is 10.1. The molecule has 0 aromatic carbocycles. The van der Waals surface area contributed by atoms with Crippen LogP contribution in [0.25, 0.3) is 0 Å². The van der Waals surface area contributed by atoms with Crippen LogP contribution in [0.5, 0.6) is 0 Å². The van der Waals surface area contributed by atoms with Gasteiger partial charge in [0.15, 0.2) is 6.33 Å². The monoisotopic (exact) mass is 238 g/mol. The van der Waals surface area contributed by atoms with Gasteiger partial charge in [0.1, 0.15) is 0 Å². The smallest absolute Gasteiger partial charge is 0.227 e. The summed E-state index contributed by atoms with van der Waals surface area (Å²) in [6.45, 7) is 7.72. The molecule has 1 fully saturated rings. The average Bonchev–Trinajstić information content (AvgIpc) is 2.83. The van der Waals surface area contributed by atoms with Crippen molar-refractivity contribution in [1.29, 1.82) is 0 Å². The van der Waals surface area contributed by atoms with E-state index in [1.165, 1.54) is 19.2 Å². The molecule has 2 heterocycles. The first kappa shape index (κ1) is 12.5. The Morgan fingerprint density at radius 3 is 3.18 bits per heavy atom. The van der Waals surface area contributed by atoms with Crippen molar-refractivity contribution < 1.29 is 4.52 Å². The second kappa shape index (κ2) is 6.12. The Kier molecular flexibility index (Phi) is 4.50. The summed E-state index contributed by atoms with van der Waals surface area (Å²) in [7, 11) is 0. The van der Waals surface area contributed by atoms with Crippen LogP contribution in [0.4, 0.5) is 0 Å². The Morgan fingerprint density at radius 1 is 1.59 bits per heavy atom. The van der Waals surface area contributed by atoms with Crippen molar-refractivity contribution in [2.24, 2.45) is 0 Å². The van der Waals surface area contributed by atoms with Gasteiger partial charge in [-0.2, -0.15) is 4.98 Å². The van der Waals surface area contributed by atoms with E-state index >= 15 is 0 Å². The number of hydrogen-bond acceptors (Lipinski definition) is 5. The van der Waals surface area contributed by atoms with Crippen molar-refractivity contribution in [2.75, 3.05) is 19.6 Å². The van der Waals surface area contributed by atoms with Crippen LogP contribution in [0, 0.1) is 0 Å². The van der Waals surface area contributed by atoms with E-state index in [1.807, 2.05) is 0 Å². The third-order valence-corrected chi connectivity index (χ3v) is 3.44. The lowest BCUT2D eigenvalue weighted by molar-refractivity contribution is 0.135. The standard InChI is InChI=1S/C12H22N4O/c1-3-4-11-8-16(10(2)7-13-11)6-5-12-14-9-15-17-12/h9-11,13H,3-8H2,1-2H3. The first-order valence-electron chi connectivity index (χ1n) is 6.52. The molecule has 1 aliphatic heterocycles. The molecule has 0 aliphatic carbocycles. The summed E-state index contributed by atoms with van der Waals surface area (Å²) in [6, 6.07) is 1.23. The van der Waals surface area contributed by atoms with Crippen LogP contribution >= 0.6 is 0 Å². The predicted molar refractivity (Wildman–Crippen MR) is 65.7 cm³/mol. The molecule has 1 aromatic rings. The molecule has 1 N–H and O–H groups in total. The Balaban J connectivity index is 1.81. The number of rotatable bonds is 5. The van der Waals surface area contributed by atoms with Gasteiger partial charge in [-0.05, 0) is 13.3 Å². The van der Waals surface area contributed by atoms with E-state index in [9.17, 15) is 0 Å². The van der Waals surface area contributed by atoms with Gasteiger partial charge in [-0.3, -0.25) is 4.90 Å². The second-order valence-corrected chi connectivity index (χ2v) is 4.82. The number of hydrogen-bond donors (Lipinski definition) is 1. The fourth-order valence-corrected chi connectivity index (χ4v) is 2.39. The number of piperazine rings is 1. The van der Waals surface area contributed by atoms with Gasteiger partial charge in [0, 0.05) is 38.1 Å². The topological polar surface area (TPSA) is 54.2 Å². The molecule has 1 saturated heterocycles. The summed E-state index contributed by atoms with van der Waals surface area (Å²) < 4.78 is 5.03. The molecule has 17 heavy (non-hydrogen) atoms. The summed E-state index contributed by atoms with van der Waals surface area (Å²) in [5.41, 5.74) is 0. The first-order valence-corrected chi connectivity index (χ1v) is 6.52. The minimum atomic E-state index is 0.589. The van der Waals surface area contributed by atoms with Gasteiger partial charge in [-0.25, -0.2) is 0 Å². The highest BCUT2D eigenvalue weighted by Crippen LogP contribution is 2.11. The Morgan fingerprint density at radius 2 is 2.47 bits per heavy atom. The third-order valence-electron chi connectivity index (χ3n) is 3.44.